The number of para-hydroxylation sites is 2. The Kier molecular flexibility index (Phi) is 47.2. The maximum absolute atomic E-state index is 11.3. The number of ether oxygens (including phenoxy) is 2. The fourth-order valence-corrected chi connectivity index (χ4v) is 25.5. The first-order chi connectivity index (χ1) is 64.8. The van der Waals surface area contributed by atoms with Crippen molar-refractivity contribution in [3.05, 3.63) is 471 Å². The molecule has 1 fully saturated rings. The molecule has 0 amide bonds. The Hall–Kier alpha value is -10.7. The number of benzene rings is 14. The minimum atomic E-state index is -4.67. The summed E-state index contributed by atoms with van der Waals surface area (Å²) in [5.41, 5.74) is 14.4. The molecule has 694 valence electrons. The SMILES string of the molecule is CC1(C)OB(c2ccccc2N)OC1(C)C.CO.COC(=O)c1ccc(-c2ccccc2N)s1.COC(=O)c1ccc(Br)s1.O=C(O)c1ccc(Br)s1.O=S(=O)(O)O.[Pd].c1ccc(P(c2ccccc2)c2ccccc2)cc1.c1ccc(P(c2ccccc2)c2ccccc2)cc1.c1ccc(P(c2ccccc2)c2ccccc2)cc1.c1ccc(P(c2ccccc2)c2ccccc2)cc1. The molecule has 1 aliphatic heterocycles. The number of hydrogen-bond acceptors (Lipinski definition) is 15. The number of esters is 2. The van der Waals surface area contributed by atoms with Crippen LogP contribution in [0.25, 0.3) is 10.4 Å². The van der Waals surface area contributed by atoms with Gasteiger partial charge in [-0.05, 0) is 203 Å². The Bertz CT molecular complexity index is 5530. The number of halogens is 2. The molecule has 135 heavy (non-hydrogen) atoms. The molecule has 0 bridgehead atoms. The van der Waals surface area contributed by atoms with Gasteiger partial charge in [0.1, 0.15) is 14.6 Å². The number of carbonyl (C=O) groups is 3. The minimum Gasteiger partial charge on any atom is -0.477 e. The van der Waals surface area contributed by atoms with Crippen molar-refractivity contribution in [2.75, 3.05) is 32.8 Å². The van der Waals surface area contributed by atoms with Crippen LogP contribution in [0.3, 0.4) is 0 Å². The van der Waals surface area contributed by atoms with Crippen LogP contribution in [0, 0.1) is 0 Å². The summed E-state index contributed by atoms with van der Waals surface area (Å²) in [6, 6.07) is 155. The van der Waals surface area contributed by atoms with Gasteiger partial charge < -0.3 is 40.5 Å². The van der Waals surface area contributed by atoms with Crippen molar-refractivity contribution < 1.29 is 81.3 Å². The molecule has 0 saturated carbocycles. The number of nitrogens with two attached hydrogens (primary N) is 2. The quantitative estimate of drug-likeness (QED) is 0.0163. The molecular weight excluding hydrogens is 2060 g/mol. The summed E-state index contributed by atoms with van der Waals surface area (Å²) >= 11 is 10.3. The molecule has 4 heterocycles. The first-order valence-corrected chi connectivity index (χ1v) is 52.6. The maximum atomic E-state index is 11.3. The van der Waals surface area contributed by atoms with Gasteiger partial charge in [-0.1, -0.05) is 400 Å². The molecule has 17 aromatic rings. The van der Waals surface area contributed by atoms with Gasteiger partial charge in [0.2, 0.25) is 0 Å². The van der Waals surface area contributed by atoms with Gasteiger partial charge in [-0.25, -0.2) is 14.4 Å². The second-order valence-corrected chi connectivity index (χ2v) is 45.1. The van der Waals surface area contributed by atoms with Gasteiger partial charge in [0.15, 0.2) is 0 Å². The van der Waals surface area contributed by atoms with E-state index < -0.39 is 48.1 Å². The number of aliphatic hydroxyl groups is 1. The van der Waals surface area contributed by atoms with E-state index in [1.165, 1.54) is 112 Å². The third kappa shape index (κ3) is 35.8. The van der Waals surface area contributed by atoms with E-state index >= 15 is 0 Å². The van der Waals surface area contributed by atoms with Gasteiger partial charge in [0.05, 0.1) is 33.0 Å². The van der Waals surface area contributed by atoms with E-state index in [9.17, 15) is 14.4 Å². The summed E-state index contributed by atoms with van der Waals surface area (Å²) in [5.74, 6) is -1.47. The molecule has 1 aliphatic rings. The number of aromatic carboxylic acids is 1. The van der Waals surface area contributed by atoms with E-state index in [4.69, 9.17) is 48.5 Å². The van der Waals surface area contributed by atoms with Crippen LogP contribution in [-0.2, 0) is 49.6 Å². The molecule has 0 unspecified atom stereocenters. The zero-order valence-electron chi connectivity index (χ0n) is 74.9. The fraction of sp³-hybridized carbons (Fsp3) is 0.0833. The van der Waals surface area contributed by atoms with Gasteiger partial charge in [-0.2, -0.15) is 8.42 Å². The number of methoxy groups -OCH3 is 2. The summed E-state index contributed by atoms with van der Waals surface area (Å²) < 4.78 is 54.4. The van der Waals surface area contributed by atoms with Crippen LogP contribution in [0.2, 0.25) is 0 Å². The zero-order chi connectivity index (χ0) is 96.1. The van der Waals surface area contributed by atoms with Crippen LogP contribution in [0.1, 0.15) is 56.7 Å². The first kappa shape index (κ1) is 110. The molecular formula is C108H103BBr2N2O13P4PdS4. The van der Waals surface area contributed by atoms with Crippen LogP contribution in [0.15, 0.2) is 456 Å². The van der Waals surface area contributed by atoms with Crippen molar-refractivity contribution >= 4 is 213 Å². The predicted molar refractivity (Wildman–Crippen MR) is 577 cm³/mol. The number of carboxylic acids is 1. The number of carboxylic acid groups (broad SMARTS) is 1. The van der Waals surface area contributed by atoms with Gasteiger partial charge in [-0.3, -0.25) is 9.11 Å². The number of rotatable bonds is 17. The van der Waals surface area contributed by atoms with Crippen molar-refractivity contribution in [3.8, 4) is 10.4 Å². The average molecular weight is 2170 g/mol. The number of aliphatic hydroxyl groups excluding tert-OH is 1. The average Bonchev–Trinajstić information content (AvgIpc) is 1.59. The maximum Gasteiger partial charge on any atom is 0.496 e. The van der Waals surface area contributed by atoms with Gasteiger partial charge in [0, 0.05) is 54.8 Å². The predicted octanol–water partition coefficient (Wildman–Crippen LogP) is 21.6. The van der Waals surface area contributed by atoms with Gasteiger partial charge in [0.25, 0.3) is 0 Å². The van der Waals surface area contributed by atoms with Crippen molar-refractivity contribution in [2.24, 2.45) is 0 Å². The van der Waals surface area contributed by atoms with Gasteiger partial charge in [-0.15, -0.1) is 34.0 Å². The monoisotopic (exact) mass is 2160 g/mol. The normalized spacial score (nSPS) is 11.6. The molecule has 1 saturated heterocycles. The Morgan fingerprint density at radius 2 is 0.519 bits per heavy atom. The number of nitrogen functional groups attached to an aromatic ring is 2. The Morgan fingerprint density at radius 1 is 0.319 bits per heavy atom. The summed E-state index contributed by atoms with van der Waals surface area (Å²) in [5, 5.41) is 32.2. The van der Waals surface area contributed by atoms with Crippen molar-refractivity contribution in [1.29, 1.82) is 0 Å². The Labute approximate surface area is 840 Å². The van der Waals surface area contributed by atoms with Crippen molar-refractivity contribution in [3.63, 3.8) is 0 Å². The Morgan fingerprint density at radius 3 is 0.719 bits per heavy atom. The molecule has 0 aliphatic carbocycles. The molecule has 14 aromatic carbocycles. The molecule has 8 N–H and O–H groups in total. The van der Waals surface area contributed by atoms with Crippen LogP contribution in [0.5, 0.6) is 0 Å². The van der Waals surface area contributed by atoms with E-state index in [-0.39, 0.29) is 50.7 Å². The van der Waals surface area contributed by atoms with Crippen molar-refractivity contribution in [1.82, 2.24) is 0 Å². The molecule has 27 heteroatoms. The van der Waals surface area contributed by atoms with E-state index in [1.807, 2.05) is 88.4 Å². The smallest absolute Gasteiger partial charge is 0.477 e. The minimum absolute atomic E-state index is 0. The molecule has 0 atom stereocenters. The van der Waals surface area contributed by atoms with E-state index in [1.54, 1.807) is 24.3 Å². The number of hydrogen-bond donors (Lipinski definition) is 6. The van der Waals surface area contributed by atoms with E-state index in [0.717, 1.165) is 30.6 Å². The largest absolute Gasteiger partial charge is 0.496 e. The van der Waals surface area contributed by atoms with Crippen molar-refractivity contribution in [2.45, 2.75) is 38.9 Å². The van der Waals surface area contributed by atoms with E-state index in [0.29, 0.717) is 26.0 Å². The topological polar surface area (TPSA) is 255 Å². The fourth-order valence-electron chi connectivity index (χ4n) is 12.8. The zero-order valence-corrected chi connectivity index (χ0v) is 86.5. The number of anilines is 2. The molecule has 0 radical (unpaired) electrons. The second kappa shape index (κ2) is 58.0. The molecule has 0 spiro atoms. The summed E-state index contributed by atoms with van der Waals surface area (Å²) in [6.07, 6.45) is 0. The van der Waals surface area contributed by atoms with Crippen LogP contribution >= 0.6 is 97.6 Å². The third-order valence-electron chi connectivity index (χ3n) is 19.6. The second-order valence-electron chi connectivity index (χ2n) is 29.3. The Balaban J connectivity index is 0.000000189. The number of thiophene rings is 3. The van der Waals surface area contributed by atoms with Crippen LogP contribution in [0.4, 0.5) is 11.4 Å². The summed E-state index contributed by atoms with van der Waals surface area (Å²) in [6.45, 7) is 8.14. The van der Waals surface area contributed by atoms with Crippen LogP contribution < -0.4 is 80.6 Å². The third-order valence-corrected chi connectivity index (χ3v) is 33.7. The number of carbonyl (C=O) groups excluding carboxylic acids is 2. The molecule has 3 aromatic heterocycles. The molecule has 18 rings (SSSR count). The summed E-state index contributed by atoms with van der Waals surface area (Å²) in [4.78, 5) is 34.8. The van der Waals surface area contributed by atoms with E-state index in [2.05, 4.69) is 405 Å². The summed E-state index contributed by atoms with van der Waals surface area (Å²) in [7, 11) is -3.08. The standard InChI is InChI=1S/4C18H15P.C12H18BNO2.C12H11NO2S.C6H5BrO2S.C5H3BrO2S.CH4O.H2O4S.Pd/c4*1-4-10-16(11-5-1)19(17-12-6-2-7-13-17)18-14-8-3-9-15-18;1-11(2)12(3,4)16-13(15-11)9-7-5-6-8-10(9)14;1-15-12(14)11-7-6-10(16-11)8-4-2-3-5-9(8)13;1-9-6(8)4-2-3-5(7)10-4;6-4-2-1-3(9-4)5(7)8;1-2;1-5(2,3)4;/h4*1-15H;5-8H,14H2,1-4H3;2-7H,13H2,1H3;2-3H,1H3;1-2H,(H,7,8);2H,1H3;(H2,1,2,3,4);. The van der Waals surface area contributed by atoms with Crippen LogP contribution in [-0.4, -0.2) is 85.3 Å². The molecule has 15 nitrogen and oxygen atoms in total. The first-order valence-electron chi connectivity index (χ1n) is 41.8. The van der Waals surface area contributed by atoms with Gasteiger partial charge >= 0.3 is 35.4 Å².